The summed E-state index contributed by atoms with van der Waals surface area (Å²) >= 11 is 1.76. The molecule has 0 aromatic carbocycles. The van der Waals surface area contributed by atoms with Gasteiger partial charge in [-0.1, -0.05) is 0 Å². The summed E-state index contributed by atoms with van der Waals surface area (Å²) in [5, 5.41) is 5.06. The summed E-state index contributed by atoms with van der Waals surface area (Å²) in [5.74, 6) is 0.448. The molecule has 0 aliphatic carbocycles. The Kier molecular flexibility index (Phi) is 5.13. The third kappa shape index (κ3) is 3.71. The van der Waals surface area contributed by atoms with E-state index in [-0.39, 0.29) is 6.03 Å². The number of rotatable bonds is 3. The Bertz CT molecular complexity index is 766. The minimum absolute atomic E-state index is 0.106. The number of thiophene rings is 1. The standard InChI is InChI=1S/C18H24N4O2S/c1-12-11-15(17(24-4)19-13(12)2)20-18(23)22-8-6-21(7-9-22)16-5-10-25-14(16)3/h5,10-11H,6-9H2,1-4H3,(H,20,23). The van der Waals surface area contributed by atoms with E-state index in [9.17, 15) is 4.79 Å². The molecule has 0 atom stereocenters. The Morgan fingerprint density at radius 2 is 1.96 bits per heavy atom. The molecule has 1 N–H and O–H groups in total. The van der Waals surface area contributed by atoms with Gasteiger partial charge in [0.2, 0.25) is 5.88 Å². The van der Waals surface area contributed by atoms with Crippen LogP contribution in [0.1, 0.15) is 16.1 Å². The van der Waals surface area contributed by atoms with Crippen molar-refractivity contribution < 1.29 is 9.53 Å². The number of aromatic nitrogens is 1. The van der Waals surface area contributed by atoms with E-state index in [0.29, 0.717) is 24.7 Å². The van der Waals surface area contributed by atoms with Crippen molar-refractivity contribution in [3.8, 4) is 5.88 Å². The summed E-state index contributed by atoms with van der Waals surface area (Å²) in [6.45, 7) is 9.11. The second-order valence-electron chi connectivity index (χ2n) is 6.21. The number of anilines is 2. The van der Waals surface area contributed by atoms with Gasteiger partial charge in [-0.3, -0.25) is 0 Å². The predicted octanol–water partition coefficient (Wildman–Crippen LogP) is 3.43. The van der Waals surface area contributed by atoms with Crippen molar-refractivity contribution in [3.63, 3.8) is 0 Å². The van der Waals surface area contributed by atoms with Crippen LogP contribution in [-0.4, -0.2) is 49.2 Å². The van der Waals surface area contributed by atoms with Gasteiger partial charge in [0.15, 0.2) is 0 Å². The van der Waals surface area contributed by atoms with Gasteiger partial charge in [0.25, 0.3) is 0 Å². The molecule has 134 valence electrons. The fourth-order valence-corrected chi connectivity index (χ4v) is 3.70. The molecule has 6 nitrogen and oxygen atoms in total. The van der Waals surface area contributed by atoms with E-state index in [1.807, 2.05) is 24.8 Å². The molecular weight excluding hydrogens is 336 g/mol. The quantitative estimate of drug-likeness (QED) is 0.911. The van der Waals surface area contributed by atoms with Gasteiger partial charge in [-0.2, -0.15) is 0 Å². The molecular formula is C18H24N4O2S. The van der Waals surface area contributed by atoms with Gasteiger partial charge in [0.1, 0.15) is 5.69 Å². The van der Waals surface area contributed by atoms with E-state index in [1.54, 1.807) is 18.4 Å². The number of aryl methyl sites for hydroxylation is 3. The van der Waals surface area contributed by atoms with Crippen molar-refractivity contribution in [1.82, 2.24) is 9.88 Å². The Morgan fingerprint density at radius 1 is 1.24 bits per heavy atom. The number of carbonyl (C=O) groups is 1. The number of nitrogens with one attached hydrogen (secondary N) is 1. The smallest absolute Gasteiger partial charge is 0.322 e. The highest BCUT2D eigenvalue weighted by Crippen LogP contribution is 2.27. The van der Waals surface area contributed by atoms with Crippen LogP contribution in [0, 0.1) is 20.8 Å². The van der Waals surface area contributed by atoms with E-state index >= 15 is 0 Å². The van der Waals surface area contributed by atoms with Crippen molar-refractivity contribution >= 4 is 28.7 Å². The van der Waals surface area contributed by atoms with Crippen molar-refractivity contribution in [2.24, 2.45) is 0 Å². The first-order chi connectivity index (χ1) is 12.0. The van der Waals surface area contributed by atoms with Gasteiger partial charge >= 0.3 is 6.03 Å². The summed E-state index contributed by atoms with van der Waals surface area (Å²) < 4.78 is 5.30. The molecule has 1 fully saturated rings. The second kappa shape index (κ2) is 7.31. The van der Waals surface area contributed by atoms with Crippen molar-refractivity contribution in [2.45, 2.75) is 20.8 Å². The summed E-state index contributed by atoms with van der Waals surface area (Å²) in [6.07, 6.45) is 0. The molecule has 2 amide bonds. The molecule has 0 bridgehead atoms. The molecule has 3 heterocycles. The van der Waals surface area contributed by atoms with Gasteiger partial charge in [-0.05, 0) is 43.8 Å². The minimum Gasteiger partial charge on any atom is -0.480 e. The SMILES string of the molecule is COc1nc(C)c(C)cc1NC(=O)N1CCN(c2ccsc2C)CC1. The largest absolute Gasteiger partial charge is 0.480 e. The van der Waals surface area contributed by atoms with Crippen LogP contribution >= 0.6 is 11.3 Å². The maximum atomic E-state index is 12.6. The molecule has 1 saturated heterocycles. The van der Waals surface area contributed by atoms with Crippen LogP contribution < -0.4 is 15.0 Å². The number of urea groups is 1. The number of methoxy groups -OCH3 is 1. The van der Waals surface area contributed by atoms with E-state index in [2.05, 4.69) is 33.6 Å². The molecule has 0 radical (unpaired) electrons. The molecule has 7 heteroatoms. The molecule has 2 aromatic rings. The number of hydrogen-bond donors (Lipinski definition) is 1. The van der Waals surface area contributed by atoms with Crippen molar-refractivity contribution in [1.29, 1.82) is 0 Å². The van der Waals surface area contributed by atoms with Crippen molar-refractivity contribution in [2.75, 3.05) is 43.5 Å². The lowest BCUT2D eigenvalue weighted by Gasteiger charge is -2.36. The summed E-state index contributed by atoms with van der Waals surface area (Å²) in [6, 6.07) is 3.95. The van der Waals surface area contributed by atoms with Gasteiger partial charge in [-0.25, -0.2) is 9.78 Å². The molecule has 0 unspecified atom stereocenters. The molecule has 2 aromatic heterocycles. The highest BCUT2D eigenvalue weighted by atomic mass is 32.1. The Morgan fingerprint density at radius 3 is 2.56 bits per heavy atom. The molecule has 1 aliphatic rings. The zero-order chi connectivity index (χ0) is 18.0. The lowest BCUT2D eigenvalue weighted by atomic mass is 10.2. The maximum absolute atomic E-state index is 12.6. The van der Waals surface area contributed by atoms with Crippen LogP contribution in [0.5, 0.6) is 5.88 Å². The highest BCUT2D eigenvalue weighted by Gasteiger charge is 2.23. The number of amides is 2. The number of pyridine rings is 1. The number of piperazine rings is 1. The molecule has 0 spiro atoms. The Hall–Kier alpha value is -2.28. The van der Waals surface area contributed by atoms with E-state index in [4.69, 9.17) is 4.74 Å². The van der Waals surface area contributed by atoms with Gasteiger partial charge < -0.3 is 19.9 Å². The molecule has 25 heavy (non-hydrogen) atoms. The average molecular weight is 360 g/mol. The van der Waals surface area contributed by atoms with E-state index in [0.717, 1.165) is 24.3 Å². The van der Waals surface area contributed by atoms with Crippen LogP contribution in [0.4, 0.5) is 16.2 Å². The predicted molar refractivity (Wildman–Crippen MR) is 102 cm³/mol. The number of ether oxygens (including phenoxy) is 1. The fraction of sp³-hybridized carbons (Fsp3) is 0.444. The Labute approximate surface area is 152 Å². The number of hydrogen-bond acceptors (Lipinski definition) is 5. The number of carbonyl (C=O) groups excluding carboxylic acids is 1. The summed E-state index contributed by atoms with van der Waals surface area (Å²) in [4.78, 5) is 22.5. The highest BCUT2D eigenvalue weighted by molar-refractivity contribution is 7.10. The zero-order valence-electron chi connectivity index (χ0n) is 15.1. The van der Waals surface area contributed by atoms with Gasteiger partial charge in [0, 0.05) is 36.8 Å². The first-order valence-electron chi connectivity index (χ1n) is 8.37. The first-order valence-corrected chi connectivity index (χ1v) is 9.24. The molecule has 3 rings (SSSR count). The summed E-state index contributed by atoms with van der Waals surface area (Å²) in [5.41, 5.74) is 3.82. The first kappa shape index (κ1) is 17.5. The van der Waals surface area contributed by atoms with Crippen molar-refractivity contribution in [3.05, 3.63) is 33.6 Å². The van der Waals surface area contributed by atoms with Crippen LogP contribution in [0.25, 0.3) is 0 Å². The normalized spacial score (nSPS) is 14.6. The van der Waals surface area contributed by atoms with Gasteiger partial charge in [0.05, 0.1) is 12.8 Å². The maximum Gasteiger partial charge on any atom is 0.322 e. The van der Waals surface area contributed by atoms with Crippen LogP contribution in [-0.2, 0) is 0 Å². The van der Waals surface area contributed by atoms with Gasteiger partial charge in [-0.15, -0.1) is 11.3 Å². The zero-order valence-corrected chi connectivity index (χ0v) is 15.9. The summed E-state index contributed by atoms with van der Waals surface area (Å²) in [7, 11) is 1.56. The van der Waals surface area contributed by atoms with Crippen LogP contribution in [0.3, 0.4) is 0 Å². The van der Waals surface area contributed by atoms with E-state index in [1.165, 1.54) is 10.6 Å². The van der Waals surface area contributed by atoms with Crippen LogP contribution in [0.2, 0.25) is 0 Å². The fourth-order valence-electron chi connectivity index (χ4n) is 2.98. The Balaban J connectivity index is 1.64. The lowest BCUT2D eigenvalue weighted by molar-refractivity contribution is 0.208. The lowest BCUT2D eigenvalue weighted by Crippen LogP contribution is -2.50. The second-order valence-corrected chi connectivity index (χ2v) is 7.33. The van der Waals surface area contributed by atoms with Crippen LogP contribution in [0.15, 0.2) is 17.5 Å². The third-order valence-electron chi connectivity index (χ3n) is 4.61. The molecule has 1 aliphatic heterocycles. The average Bonchev–Trinajstić information content (AvgIpc) is 3.04. The third-order valence-corrected chi connectivity index (χ3v) is 5.44. The monoisotopic (exact) mass is 360 g/mol. The minimum atomic E-state index is -0.106. The number of nitrogens with zero attached hydrogens (tertiary/aromatic N) is 3. The topological polar surface area (TPSA) is 57.7 Å². The van der Waals surface area contributed by atoms with E-state index < -0.39 is 0 Å². The molecule has 0 saturated carbocycles.